The van der Waals surface area contributed by atoms with Gasteiger partial charge in [-0.05, 0) is 42.7 Å². The van der Waals surface area contributed by atoms with Gasteiger partial charge in [-0.25, -0.2) is 8.42 Å². The summed E-state index contributed by atoms with van der Waals surface area (Å²) in [5.41, 5.74) is 2.11. The average Bonchev–Trinajstić information content (AvgIpc) is 2.60. The second-order valence-corrected chi connectivity index (χ2v) is 7.62. The highest BCUT2D eigenvalue weighted by Gasteiger charge is 2.11. The van der Waals surface area contributed by atoms with Gasteiger partial charge >= 0.3 is 0 Å². The second kappa shape index (κ2) is 7.97. The zero-order chi connectivity index (χ0) is 17.6. The van der Waals surface area contributed by atoms with Gasteiger partial charge in [0.05, 0.1) is 5.75 Å². The van der Waals surface area contributed by atoms with Gasteiger partial charge in [0, 0.05) is 17.8 Å². The quantitative estimate of drug-likeness (QED) is 0.809. The molecule has 0 unspecified atom stereocenters. The highest BCUT2D eigenvalue weighted by atomic mass is 32.2. The van der Waals surface area contributed by atoms with Gasteiger partial charge in [0.15, 0.2) is 0 Å². The normalized spacial score (nSPS) is 12.4. The van der Waals surface area contributed by atoms with Crippen molar-refractivity contribution in [3.63, 3.8) is 0 Å². The lowest BCUT2D eigenvalue weighted by atomic mass is 10.0. The van der Waals surface area contributed by atoms with Crippen molar-refractivity contribution in [1.82, 2.24) is 5.32 Å². The lowest BCUT2D eigenvalue weighted by molar-refractivity contribution is 0.0951. The molecule has 2 N–H and O–H groups in total. The van der Waals surface area contributed by atoms with Gasteiger partial charge < -0.3 is 5.32 Å². The van der Waals surface area contributed by atoms with Crippen LogP contribution in [0.5, 0.6) is 0 Å². The number of anilines is 1. The Labute approximate surface area is 143 Å². The van der Waals surface area contributed by atoms with Crippen LogP contribution < -0.4 is 10.0 Å². The first-order valence-corrected chi connectivity index (χ1v) is 9.50. The van der Waals surface area contributed by atoms with Gasteiger partial charge in [-0.1, -0.05) is 37.3 Å². The molecule has 0 saturated heterocycles. The highest BCUT2D eigenvalue weighted by molar-refractivity contribution is 7.92. The Morgan fingerprint density at radius 2 is 1.67 bits per heavy atom. The van der Waals surface area contributed by atoms with Crippen LogP contribution in [-0.2, 0) is 10.0 Å². The number of carbonyl (C=O) groups is 1. The molecule has 0 radical (unpaired) electrons. The number of benzene rings is 2. The van der Waals surface area contributed by atoms with E-state index >= 15 is 0 Å². The SMILES string of the molecule is CCS(=O)(=O)Nc1ccc(C(=O)NC[C@@H](C)c2ccccc2)cc1. The number of carbonyl (C=O) groups excluding carboxylic acids is 1. The van der Waals surface area contributed by atoms with Gasteiger partial charge in [-0.3, -0.25) is 9.52 Å². The Kier molecular flexibility index (Phi) is 5.98. The molecular formula is C18H22N2O3S. The molecule has 0 aliphatic heterocycles. The first kappa shape index (κ1) is 18.0. The van der Waals surface area contributed by atoms with E-state index in [2.05, 4.69) is 17.0 Å². The fourth-order valence-electron chi connectivity index (χ4n) is 2.19. The maximum Gasteiger partial charge on any atom is 0.251 e. The molecule has 0 fully saturated rings. The smallest absolute Gasteiger partial charge is 0.251 e. The zero-order valence-electron chi connectivity index (χ0n) is 13.8. The number of nitrogens with one attached hydrogen (secondary N) is 2. The van der Waals surface area contributed by atoms with Crippen molar-refractivity contribution >= 4 is 21.6 Å². The minimum Gasteiger partial charge on any atom is -0.351 e. The Morgan fingerprint density at radius 1 is 1.04 bits per heavy atom. The van der Waals surface area contributed by atoms with Gasteiger partial charge in [-0.15, -0.1) is 0 Å². The third-order valence-corrected chi connectivity index (χ3v) is 5.04. The van der Waals surface area contributed by atoms with E-state index in [0.29, 0.717) is 17.8 Å². The zero-order valence-corrected chi connectivity index (χ0v) is 14.6. The summed E-state index contributed by atoms with van der Waals surface area (Å²) in [6.07, 6.45) is 0. The van der Waals surface area contributed by atoms with Crippen molar-refractivity contribution in [1.29, 1.82) is 0 Å². The molecule has 2 aromatic carbocycles. The lowest BCUT2D eigenvalue weighted by Crippen LogP contribution is -2.27. The topological polar surface area (TPSA) is 75.3 Å². The number of sulfonamides is 1. The van der Waals surface area contributed by atoms with Crippen molar-refractivity contribution in [2.45, 2.75) is 19.8 Å². The second-order valence-electron chi connectivity index (χ2n) is 5.60. The van der Waals surface area contributed by atoms with Crippen molar-refractivity contribution in [2.75, 3.05) is 17.0 Å². The van der Waals surface area contributed by atoms with Gasteiger partial charge in [0.1, 0.15) is 0 Å². The van der Waals surface area contributed by atoms with Crippen molar-refractivity contribution in [3.8, 4) is 0 Å². The highest BCUT2D eigenvalue weighted by Crippen LogP contribution is 2.14. The first-order chi connectivity index (χ1) is 11.4. The summed E-state index contributed by atoms with van der Waals surface area (Å²) < 4.78 is 25.5. The molecule has 5 nitrogen and oxygen atoms in total. The summed E-state index contributed by atoms with van der Waals surface area (Å²) in [6.45, 7) is 4.16. The maximum atomic E-state index is 12.2. The Bertz CT molecular complexity index is 772. The summed E-state index contributed by atoms with van der Waals surface area (Å²) in [7, 11) is -3.31. The molecule has 2 rings (SSSR count). The Hall–Kier alpha value is -2.34. The molecule has 0 spiro atoms. The predicted molar refractivity (Wildman–Crippen MR) is 96.7 cm³/mol. The standard InChI is InChI=1S/C18H22N2O3S/c1-3-24(22,23)20-17-11-9-16(10-12-17)18(21)19-13-14(2)15-7-5-4-6-8-15/h4-12,14,20H,3,13H2,1-2H3,(H,19,21)/t14-/m1/s1. The van der Waals surface area contributed by atoms with Crippen LogP contribution in [0.4, 0.5) is 5.69 Å². The molecule has 2 aromatic rings. The summed E-state index contributed by atoms with van der Waals surface area (Å²) in [5.74, 6) is 0.0422. The van der Waals surface area contributed by atoms with E-state index in [9.17, 15) is 13.2 Å². The number of rotatable bonds is 7. The molecule has 0 aromatic heterocycles. The summed E-state index contributed by atoms with van der Waals surface area (Å²) in [6, 6.07) is 16.4. The van der Waals surface area contributed by atoms with Crippen LogP contribution in [0.15, 0.2) is 54.6 Å². The van der Waals surface area contributed by atoms with E-state index in [-0.39, 0.29) is 17.6 Å². The molecule has 24 heavy (non-hydrogen) atoms. The lowest BCUT2D eigenvalue weighted by Gasteiger charge is -2.13. The molecule has 6 heteroatoms. The molecule has 1 amide bonds. The average molecular weight is 346 g/mol. The van der Waals surface area contributed by atoms with E-state index in [0.717, 1.165) is 0 Å². The van der Waals surface area contributed by atoms with E-state index < -0.39 is 10.0 Å². The molecule has 0 saturated carbocycles. The van der Waals surface area contributed by atoms with E-state index in [1.165, 1.54) is 5.56 Å². The van der Waals surface area contributed by atoms with Crippen LogP contribution in [-0.4, -0.2) is 26.6 Å². The van der Waals surface area contributed by atoms with Gasteiger partial charge in [0.25, 0.3) is 5.91 Å². The van der Waals surface area contributed by atoms with E-state index in [1.54, 1.807) is 31.2 Å². The molecular weight excluding hydrogens is 324 g/mol. The molecule has 0 bridgehead atoms. The summed E-state index contributed by atoms with van der Waals surface area (Å²) in [4.78, 5) is 12.2. The fraction of sp³-hybridized carbons (Fsp3) is 0.278. The van der Waals surface area contributed by atoms with Crippen molar-refractivity contribution in [3.05, 3.63) is 65.7 Å². The monoisotopic (exact) mass is 346 g/mol. The minimum atomic E-state index is -3.31. The third-order valence-electron chi connectivity index (χ3n) is 3.74. The molecule has 0 aliphatic carbocycles. The van der Waals surface area contributed by atoms with Crippen LogP contribution in [0.1, 0.15) is 35.7 Å². The van der Waals surface area contributed by atoms with Crippen LogP contribution >= 0.6 is 0 Å². The summed E-state index contributed by atoms with van der Waals surface area (Å²) in [5, 5.41) is 2.90. The van der Waals surface area contributed by atoms with Crippen molar-refractivity contribution < 1.29 is 13.2 Å². The first-order valence-electron chi connectivity index (χ1n) is 7.85. The van der Waals surface area contributed by atoms with E-state index in [4.69, 9.17) is 0 Å². The van der Waals surface area contributed by atoms with Crippen LogP contribution in [0.25, 0.3) is 0 Å². The van der Waals surface area contributed by atoms with Crippen LogP contribution in [0, 0.1) is 0 Å². The summed E-state index contributed by atoms with van der Waals surface area (Å²) >= 11 is 0. The Balaban J connectivity index is 1.93. The minimum absolute atomic E-state index is 0.00656. The largest absolute Gasteiger partial charge is 0.351 e. The third kappa shape index (κ3) is 5.09. The molecule has 0 aliphatic rings. The van der Waals surface area contributed by atoms with Crippen molar-refractivity contribution in [2.24, 2.45) is 0 Å². The predicted octanol–water partition coefficient (Wildman–Crippen LogP) is 2.98. The van der Waals surface area contributed by atoms with Crippen LogP contribution in [0.3, 0.4) is 0 Å². The number of hydrogen-bond acceptors (Lipinski definition) is 3. The fourth-order valence-corrected chi connectivity index (χ4v) is 2.83. The van der Waals surface area contributed by atoms with E-state index in [1.807, 2.05) is 30.3 Å². The molecule has 128 valence electrons. The number of hydrogen-bond donors (Lipinski definition) is 2. The van der Waals surface area contributed by atoms with Gasteiger partial charge in [0.2, 0.25) is 10.0 Å². The Morgan fingerprint density at radius 3 is 2.25 bits per heavy atom. The number of amides is 1. The molecule has 0 heterocycles. The van der Waals surface area contributed by atoms with Crippen LogP contribution in [0.2, 0.25) is 0 Å². The molecule has 1 atom stereocenters. The van der Waals surface area contributed by atoms with Gasteiger partial charge in [-0.2, -0.15) is 0 Å². The maximum absolute atomic E-state index is 12.2.